The molecule has 0 heterocycles. The first-order valence-electron chi connectivity index (χ1n) is 2.87. The lowest BCUT2D eigenvalue weighted by Gasteiger charge is -1.92. The number of halogens is 1. The molecule has 0 radical (unpaired) electrons. The van der Waals surface area contributed by atoms with Gasteiger partial charge in [-0.2, -0.15) is 10.5 Å². The standard InChI is InChI=1S/C8H3ClN2/c9-8-3-6(4-10)1-2-7(8)5-11/h1-3H. The van der Waals surface area contributed by atoms with Crippen LogP contribution in [0.2, 0.25) is 5.02 Å². The Hall–Kier alpha value is -1.51. The molecule has 0 saturated carbocycles. The predicted octanol–water partition coefficient (Wildman–Crippen LogP) is 2.08. The number of hydrogen-bond acceptors (Lipinski definition) is 2. The lowest BCUT2D eigenvalue weighted by molar-refractivity contribution is 1.45. The molecular formula is C8H3ClN2. The minimum Gasteiger partial charge on any atom is -0.192 e. The summed E-state index contributed by atoms with van der Waals surface area (Å²) < 4.78 is 0. The number of benzene rings is 1. The Morgan fingerprint density at radius 3 is 2.36 bits per heavy atom. The molecule has 0 aliphatic rings. The summed E-state index contributed by atoms with van der Waals surface area (Å²) in [5.74, 6) is 0. The van der Waals surface area contributed by atoms with Crippen LogP contribution in [0.4, 0.5) is 0 Å². The van der Waals surface area contributed by atoms with Gasteiger partial charge in [0.25, 0.3) is 0 Å². The molecule has 0 aromatic heterocycles. The minimum atomic E-state index is 0.326. The summed E-state index contributed by atoms with van der Waals surface area (Å²) in [4.78, 5) is 0. The van der Waals surface area contributed by atoms with Gasteiger partial charge in [-0.05, 0) is 18.2 Å². The number of hydrogen-bond donors (Lipinski definition) is 0. The Morgan fingerprint density at radius 1 is 1.18 bits per heavy atom. The highest BCUT2D eigenvalue weighted by Gasteiger charge is 1.98. The molecule has 0 amide bonds. The average molecular weight is 163 g/mol. The Labute approximate surface area is 69.2 Å². The normalized spacial score (nSPS) is 8.27. The minimum absolute atomic E-state index is 0.326. The average Bonchev–Trinajstić information content (AvgIpc) is 2.04. The smallest absolute Gasteiger partial charge is 0.101 e. The fourth-order valence-corrected chi connectivity index (χ4v) is 0.898. The van der Waals surface area contributed by atoms with E-state index in [1.165, 1.54) is 12.1 Å². The van der Waals surface area contributed by atoms with E-state index in [1.807, 2.05) is 12.1 Å². The first kappa shape index (κ1) is 7.60. The third-order valence-corrected chi connectivity index (χ3v) is 1.53. The van der Waals surface area contributed by atoms with E-state index in [-0.39, 0.29) is 0 Å². The molecule has 3 heteroatoms. The van der Waals surface area contributed by atoms with E-state index >= 15 is 0 Å². The molecule has 11 heavy (non-hydrogen) atoms. The second-order valence-electron chi connectivity index (χ2n) is 1.92. The van der Waals surface area contributed by atoms with Crippen molar-refractivity contribution in [2.45, 2.75) is 0 Å². The maximum Gasteiger partial charge on any atom is 0.101 e. The molecular weight excluding hydrogens is 160 g/mol. The van der Waals surface area contributed by atoms with Crippen LogP contribution in [0.25, 0.3) is 0 Å². The molecule has 1 rings (SSSR count). The SMILES string of the molecule is N#Cc1ccc(C#N)c(Cl)c1. The van der Waals surface area contributed by atoms with Gasteiger partial charge in [0, 0.05) is 0 Å². The van der Waals surface area contributed by atoms with Crippen LogP contribution >= 0.6 is 11.6 Å². The largest absolute Gasteiger partial charge is 0.192 e. The third kappa shape index (κ3) is 1.49. The van der Waals surface area contributed by atoms with Crippen LogP contribution in [-0.4, -0.2) is 0 Å². The van der Waals surface area contributed by atoms with Crippen LogP contribution in [0.3, 0.4) is 0 Å². The highest BCUT2D eigenvalue weighted by molar-refractivity contribution is 6.31. The van der Waals surface area contributed by atoms with Gasteiger partial charge in [0.1, 0.15) is 6.07 Å². The third-order valence-electron chi connectivity index (χ3n) is 1.22. The predicted molar refractivity (Wildman–Crippen MR) is 40.9 cm³/mol. The van der Waals surface area contributed by atoms with Gasteiger partial charge in [-0.15, -0.1) is 0 Å². The van der Waals surface area contributed by atoms with Gasteiger partial charge in [-0.3, -0.25) is 0 Å². The second kappa shape index (κ2) is 3.05. The van der Waals surface area contributed by atoms with Crippen molar-refractivity contribution >= 4 is 11.6 Å². The summed E-state index contributed by atoms with van der Waals surface area (Å²) in [5, 5.41) is 17.2. The molecule has 0 saturated heterocycles. The zero-order chi connectivity index (χ0) is 8.27. The van der Waals surface area contributed by atoms with Gasteiger partial charge in [0.15, 0.2) is 0 Å². The second-order valence-corrected chi connectivity index (χ2v) is 2.33. The molecule has 52 valence electrons. The summed E-state index contributed by atoms with van der Waals surface area (Å²) in [7, 11) is 0. The zero-order valence-corrected chi connectivity index (χ0v) is 6.26. The Balaban J connectivity index is 3.25. The molecule has 0 fully saturated rings. The van der Waals surface area contributed by atoms with Gasteiger partial charge in [-0.1, -0.05) is 11.6 Å². The fourth-order valence-electron chi connectivity index (χ4n) is 0.675. The van der Waals surface area contributed by atoms with Crippen molar-refractivity contribution in [3.63, 3.8) is 0 Å². The number of rotatable bonds is 0. The summed E-state index contributed by atoms with van der Waals surface area (Å²) in [5.41, 5.74) is 0.861. The monoisotopic (exact) mass is 162 g/mol. The molecule has 0 N–H and O–H groups in total. The number of nitrogens with zero attached hydrogens (tertiary/aromatic N) is 2. The molecule has 0 unspecified atom stereocenters. The maximum atomic E-state index is 8.46. The van der Waals surface area contributed by atoms with Crippen molar-refractivity contribution in [1.29, 1.82) is 10.5 Å². The van der Waals surface area contributed by atoms with Crippen molar-refractivity contribution in [2.24, 2.45) is 0 Å². The zero-order valence-electron chi connectivity index (χ0n) is 5.50. The lowest BCUT2D eigenvalue weighted by Crippen LogP contribution is -1.78. The van der Waals surface area contributed by atoms with Gasteiger partial charge in [-0.25, -0.2) is 0 Å². The van der Waals surface area contributed by atoms with E-state index in [4.69, 9.17) is 22.1 Å². The molecule has 0 spiro atoms. The molecule has 1 aromatic carbocycles. The summed E-state index contributed by atoms with van der Waals surface area (Å²) in [6, 6.07) is 8.39. The van der Waals surface area contributed by atoms with E-state index in [0.717, 1.165) is 0 Å². The first-order chi connectivity index (χ1) is 5.27. The van der Waals surface area contributed by atoms with Crippen LogP contribution in [0.15, 0.2) is 18.2 Å². The lowest BCUT2D eigenvalue weighted by atomic mass is 10.2. The number of nitriles is 2. The van der Waals surface area contributed by atoms with Crippen molar-refractivity contribution in [3.05, 3.63) is 34.3 Å². The molecule has 2 nitrogen and oxygen atoms in total. The van der Waals surface area contributed by atoms with E-state index in [0.29, 0.717) is 16.1 Å². The van der Waals surface area contributed by atoms with Crippen LogP contribution in [0, 0.1) is 22.7 Å². The van der Waals surface area contributed by atoms with Gasteiger partial charge in [0.2, 0.25) is 0 Å². The topological polar surface area (TPSA) is 47.6 Å². The highest BCUT2D eigenvalue weighted by atomic mass is 35.5. The van der Waals surface area contributed by atoms with Crippen molar-refractivity contribution in [3.8, 4) is 12.1 Å². The van der Waals surface area contributed by atoms with Crippen molar-refractivity contribution in [1.82, 2.24) is 0 Å². The van der Waals surface area contributed by atoms with Gasteiger partial charge in [0.05, 0.1) is 22.2 Å². The highest BCUT2D eigenvalue weighted by Crippen LogP contribution is 2.15. The Bertz CT molecular complexity index is 357. The molecule has 1 aromatic rings. The van der Waals surface area contributed by atoms with Crippen LogP contribution < -0.4 is 0 Å². The van der Waals surface area contributed by atoms with Crippen molar-refractivity contribution < 1.29 is 0 Å². The fraction of sp³-hybridized carbons (Fsp3) is 0. The maximum absolute atomic E-state index is 8.46. The van der Waals surface area contributed by atoms with Gasteiger partial charge >= 0.3 is 0 Å². The summed E-state index contributed by atoms with van der Waals surface area (Å²) in [6.45, 7) is 0. The van der Waals surface area contributed by atoms with E-state index in [1.54, 1.807) is 6.07 Å². The Kier molecular flexibility index (Phi) is 2.11. The van der Waals surface area contributed by atoms with E-state index in [9.17, 15) is 0 Å². The van der Waals surface area contributed by atoms with Crippen LogP contribution in [-0.2, 0) is 0 Å². The molecule has 0 aliphatic heterocycles. The van der Waals surface area contributed by atoms with Crippen LogP contribution in [0.1, 0.15) is 11.1 Å². The van der Waals surface area contributed by atoms with Crippen molar-refractivity contribution in [2.75, 3.05) is 0 Å². The quantitative estimate of drug-likeness (QED) is 0.587. The van der Waals surface area contributed by atoms with Crippen LogP contribution in [0.5, 0.6) is 0 Å². The molecule has 0 bridgehead atoms. The molecule has 0 atom stereocenters. The van der Waals surface area contributed by atoms with Gasteiger partial charge < -0.3 is 0 Å². The van der Waals surface area contributed by atoms with E-state index in [2.05, 4.69) is 0 Å². The summed E-state index contributed by atoms with van der Waals surface area (Å²) in [6.07, 6.45) is 0. The molecule has 0 aliphatic carbocycles. The summed E-state index contributed by atoms with van der Waals surface area (Å²) >= 11 is 5.63. The van der Waals surface area contributed by atoms with E-state index < -0.39 is 0 Å². The first-order valence-corrected chi connectivity index (χ1v) is 3.25. The Morgan fingerprint density at radius 2 is 1.91 bits per heavy atom.